The molecule has 6 heteroatoms. The Morgan fingerprint density at radius 3 is 2.68 bits per heavy atom. The molecule has 0 spiro atoms. The summed E-state index contributed by atoms with van der Waals surface area (Å²) in [6.07, 6.45) is 1.74. The second-order valence-electron chi connectivity index (χ2n) is 5.06. The maximum absolute atomic E-state index is 12.1. The summed E-state index contributed by atoms with van der Waals surface area (Å²) in [5.41, 5.74) is 3.71. The van der Waals surface area contributed by atoms with E-state index in [0.29, 0.717) is 10.9 Å². The maximum atomic E-state index is 12.1. The second-order valence-corrected chi connectivity index (χ2v) is 6.00. The largest absolute Gasteiger partial charge is 0.294 e. The molecule has 22 heavy (non-hydrogen) atoms. The fourth-order valence-corrected chi connectivity index (χ4v) is 2.82. The molecule has 112 valence electrons. The van der Waals surface area contributed by atoms with Crippen LogP contribution in [-0.2, 0) is 5.75 Å². The zero-order valence-corrected chi connectivity index (χ0v) is 13.2. The van der Waals surface area contributed by atoms with Gasteiger partial charge in [0.05, 0.1) is 5.69 Å². The van der Waals surface area contributed by atoms with Crippen LogP contribution in [0.2, 0.25) is 0 Å². The first kappa shape index (κ1) is 14.6. The van der Waals surface area contributed by atoms with Gasteiger partial charge in [0, 0.05) is 29.4 Å². The third kappa shape index (κ3) is 3.28. The molecule has 2 heterocycles. The zero-order valence-electron chi connectivity index (χ0n) is 12.4. The lowest BCUT2D eigenvalue weighted by Gasteiger charge is -2.03. The van der Waals surface area contributed by atoms with Gasteiger partial charge in [-0.2, -0.15) is 0 Å². The number of nitrogens with one attached hydrogen (secondary N) is 1. The SMILES string of the molecule is Cc1ccc(-n2[nH]c(CSc3nccc(C)n3)cc2=O)cc1. The number of nitrogens with zero attached hydrogens (tertiary/aromatic N) is 3. The van der Waals surface area contributed by atoms with Crippen molar-refractivity contribution >= 4 is 11.8 Å². The van der Waals surface area contributed by atoms with E-state index in [-0.39, 0.29) is 5.56 Å². The minimum atomic E-state index is -0.0652. The third-order valence-electron chi connectivity index (χ3n) is 3.20. The summed E-state index contributed by atoms with van der Waals surface area (Å²) in [7, 11) is 0. The van der Waals surface area contributed by atoms with Crippen molar-refractivity contribution in [3.05, 3.63) is 69.9 Å². The van der Waals surface area contributed by atoms with Crippen LogP contribution in [0.25, 0.3) is 5.69 Å². The van der Waals surface area contributed by atoms with Crippen molar-refractivity contribution in [3.63, 3.8) is 0 Å². The van der Waals surface area contributed by atoms with E-state index in [1.165, 1.54) is 11.8 Å². The normalized spacial score (nSPS) is 10.8. The minimum absolute atomic E-state index is 0.0652. The Morgan fingerprint density at radius 2 is 1.95 bits per heavy atom. The molecule has 0 unspecified atom stereocenters. The predicted molar refractivity (Wildman–Crippen MR) is 87.5 cm³/mol. The smallest absolute Gasteiger partial charge is 0.271 e. The first-order valence-electron chi connectivity index (χ1n) is 6.92. The van der Waals surface area contributed by atoms with Crippen LogP contribution in [0.4, 0.5) is 0 Å². The standard InChI is InChI=1S/C16H16N4OS/c1-11-3-5-14(6-4-11)20-15(21)9-13(19-20)10-22-16-17-8-7-12(2)18-16/h3-9,19H,10H2,1-2H3. The number of aromatic amines is 1. The molecular weight excluding hydrogens is 296 g/mol. The van der Waals surface area contributed by atoms with E-state index in [1.807, 2.05) is 44.2 Å². The van der Waals surface area contributed by atoms with E-state index in [1.54, 1.807) is 16.9 Å². The summed E-state index contributed by atoms with van der Waals surface area (Å²) < 4.78 is 1.55. The van der Waals surface area contributed by atoms with E-state index < -0.39 is 0 Å². The van der Waals surface area contributed by atoms with Crippen LogP contribution in [0.5, 0.6) is 0 Å². The summed E-state index contributed by atoms with van der Waals surface area (Å²) in [5.74, 6) is 0.623. The van der Waals surface area contributed by atoms with E-state index >= 15 is 0 Å². The number of aryl methyl sites for hydroxylation is 2. The Labute approximate surface area is 132 Å². The summed E-state index contributed by atoms with van der Waals surface area (Å²) >= 11 is 1.50. The molecule has 0 amide bonds. The van der Waals surface area contributed by atoms with Crippen molar-refractivity contribution in [3.8, 4) is 5.69 Å². The number of H-pyrrole nitrogens is 1. The number of hydrogen-bond acceptors (Lipinski definition) is 4. The lowest BCUT2D eigenvalue weighted by atomic mass is 10.2. The first-order valence-corrected chi connectivity index (χ1v) is 7.91. The monoisotopic (exact) mass is 312 g/mol. The average Bonchev–Trinajstić information content (AvgIpc) is 2.87. The van der Waals surface area contributed by atoms with Gasteiger partial charge in [-0.15, -0.1) is 0 Å². The number of thioether (sulfide) groups is 1. The van der Waals surface area contributed by atoms with Crippen molar-refractivity contribution in [2.24, 2.45) is 0 Å². The molecule has 0 aliphatic heterocycles. The Morgan fingerprint density at radius 1 is 1.18 bits per heavy atom. The molecule has 1 N–H and O–H groups in total. The van der Waals surface area contributed by atoms with Crippen LogP contribution in [-0.4, -0.2) is 19.7 Å². The summed E-state index contributed by atoms with van der Waals surface area (Å²) in [6, 6.07) is 11.3. The number of aromatic nitrogens is 4. The highest BCUT2D eigenvalue weighted by Crippen LogP contribution is 2.17. The fourth-order valence-electron chi connectivity index (χ4n) is 2.04. The topological polar surface area (TPSA) is 63.6 Å². The molecule has 2 aromatic heterocycles. The molecule has 1 aromatic carbocycles. The van der Waals surface area contributed by atoms with Gasteiger partial charge in [-0.25, -0.2) is 14.6 Å². The Balaban J connectivity index is 1.77. The van der Waals surface area contributed by atoms with Gasteiger partial charge in [-0.1, -0.05) is 29.5 Å². The zero-order chi connectivity index (χ0) is 15.5. The maximum Gasteiger partial charge on any atom is 0.271 e. The van der Waals surface area contributed by atoms with Crippen molar-refractivity contribution in [2.75, 3.05) is 0 Å². The molecule has 0 saturated carbocycles. The van der Waals surface area contributed by atoms with Gasteiger partial charge in [0.1, 0.15) is 0 Å². The minimum Gasteiger partial charge on any atom is -0.294 e. The number of hydrogen-bond donors (Lipinski definition) is 1. The predicted octanol–water partition coefficient (Wildman–Crippen LogP) is 2.86. The van der Waals surface area contributed by atoms with Crippen molar-refractivity contribution in [1.82, 2.24) is 19.7 Å². The Hall–Kier alpha value is -2.34. The molecule has 5 nitrogen and oxygen atoms in total. The lowest BCUT2D eigenvalue weighted by molar-refractivity contribution is 0.831. The first-order chi connectivity index (χ1) is 10.6. The van der Waals surface area contributed by atoms with Crippen molar-refractivity contribution in [2.45, 2.75) is 24.8 Å². The Bertz CT molecular complexity index is 836. The van der Waals surface area contributed by atoms with Crippen LogP contribution in [0.15, 0.2) is 52.5 Å². The lowest BCUT2D eigenvalue weighted by Crippen LogP contribution is -2.13. The van der Waals surface area contributed by atoms with Gasteiger partial charge < -0.3 is 0 Å². The molecule has 0 fully saturated rings. The van der Waals surface area contributed by atoms with Gasteiger partial charge in [0.2, 0.25) is 0 Å². The summed E-state index contributed by atoms with van der Waals surface area (Å²) in [5, 5.41) is 3.84. The van der Waals surface area contributed by atoms with Crippen LogP contribution >= 0.6 is 11.8 Å². The average molecular weight is 312 g/mol. The molecule has 0 bridgehead atoms. The van der Waals surface area contributed by atoms with E-state index in [4.69, 9.17) is 0 Å². The third-order valence-corrected chi connectivity index (χ3v) is 4.11. The van der Waals surface area contributed by atoms with Gasteiger partial charge in [0.25, 0.3) is 5.56 Å². The van der Waals surface area contributed by atoms with Crippen LogP contribution < -0.4 is 5.56 Å². The second kappa shape index (κ2) is 6.19. The molecule has 0 aliphatic rings. The van der Waals surface area contributed by atoms with Crippen LogP contribution in [0.1, 0.15) is 17.0 Å². The molecule has 3 rings (SSSR count). The molecule has 0 aliphatic carbocycles. The molecule has 0 saturated heterocycles. The van der Waals surface area contributed by atoms with Crippen molar-refractivity contribution < 1.29 is 0 Å². The van der Waals surface area contributed by atoms with Gasteiger partial charge in [-0.3, -0.25) is 9.89 Å². The highest BCUT2D eigenvalue weighted by molar-refractivity contribution is 7.98. The molecular formula is C16H16N4OS. The van der Waals surface area contributed by atoms with Gasteiger partial charge >= 0.3 is 0 Å². The number of rotatable bonds is 4. The fraction of sp³-hybridized carbons (Fsp3) is 0.188. The van der Waals surface area contributed by atoms with Gasteiger partial charge in [-0.05, 0) is 32.0 Å². The molecule has 0 radical (unpaired) electrons. The van der Waals surface area contributed by atoms with Crippen LogP contribution in [0, 0.1) is 13.8 Å². The van der Waals surface area contributed by atoms with E-state index in [2.05, 4.69) is 15.1 Å². The van der Waals surface area contributed by atoms with Crippen molar-refractivity contribution in [1.29, 1.82) is 0 Å². The van der Waals surface area contributed by atoms with E-state index in [0.717, 1.165) is 22.6 Å². The molecule has 0 atom stereocenters. The Kier molecular flexibility index (Phi) is 4.11. The highest BCUT2D eigenvalue weighted by atomic mass is 32.2. The molecule has 3 aromatic rings. The summed E-state index contributed by atoms with van der Waals surface area (Å²) in [6.45, 7) is 3.95. The van der Waals surface area contributed by atoms with E-state index in [9.17, 15) is 4.79 Å². The summed E-state index contributed by atoms with van der Waals surface area (Å²) in [4.78, 5) is 20.6. The van der Waals surface area contributed by atoms with Gasteiger partial charge in [0.15, 0.2) is 5.16 Å². The highest BCUT2D eigenvalue weighted by Gasteiger charge is 2.06. The quantitative estimate of drug-likeness (QED) is 0.594. The van der Waals surface area contributed by atoms with Crippen LogP contribution in [0.3, 0.4) is 0 Å². The number of benzene rings is 1.